The van der Waals surface area contributed by atoms with E-state index in [0.717, 1.165) is 29.7 Å². The number of aliphatic hydroxyl groups is 2. The first-order valence-electron chi connectivity index (χ1n) is 7.34. The summed E-state index contributed by atoms with van der Waals surface area (Å²) in [5.74, 6) is 0.948. The largest absolute Gasteiger partial charge is 0.390 e. The number of fused-ring (bicyclic) bond motifs is 1. The van der Waals surface area contributed by atoms with E-state index in [4.69, 9.17) is 0 Å². The fourth-order valence-electron chi connectivity index (χ4n) is 2.77. The maximum atomic E-state index is 10.3. The molecular formula is C16H24N2O2. The zero-order valence-electron chi connectivity index (χ0n) is 12.5. The molecule has 2 unspecified atom stereocenters. The molecule has 0 fully saturated rings. The molecule has 0 aliphatic heterocycles. The van der Waals surface area contributed by atoms with Crippen LogP contribution in [0, 0.1) is 5.92 Å². The maximum absolute atomic E-state index is 10.3. The van der Waals surface area contributed by atoms with Crippen molar-refractivity contribution < 1.29 is 10.2 Å². The number of benzene rings is 1. The number of aryl methyl sites for hydroxylation is 1. The Morgan fingerprint density at radius 1 is 1.15 bits per heavy atom. The van der Waals surface area contributed by atoms with Gasteiger partial charge < -0.3 is 14.8 Å². The smallest absolute Gasteiger partial charge is 0.112 e. The summed E-state index contributed by atoms with van der Waals surface area (Å²) in [6.45, 7) is 4.08. The minimum Gasteiger partial charge on any atom is -0.390 e. The summed E-state index contributed by atoms with van der Waals surface area (Å²) in [4.78, 5) is 4.54. The molecule has 0 radical (unpaired) electrons. The molecule has 4 nitrogen and oxygen atoms in total. The van der Waals surface area contributed by atoms with Crippen molar-refractivity contribution in [3.63, 3.8) is 0 Å². The molecule has 0 bridgehead atoms. The molecule has 0 spiro atoms. The SMILES string of the molecule is CCC(CC)C(O)C(O)Cc1nc2ccccc2n1C. The molecule has 0 aliphatic carbocycles. The van der Waals surface area contributed by atoms with Crippen LogP contribution in [0.4, 0.5) is 0 Å². The van der Waals surface area contributed by atoms with Crippen molar-refractivity contribution in [1.82, 2.24) is 9.55 Å². The van der Waals surface area contributed by atoms with Crippen molar-refractivity contribution in [3.05, 3.63) is 30.1 Å². The summed E-state index contributed by atoms with van der Waals surface area (Å²) in [7, 11) is 1.95. The van der Waals surface area contributed by atoms with Gasteiger partial charge in [0.05, 0.1) is 23.2 Å². The Balaban J connectivity index is 2.17. The van der Waals surface area contributed by atoms with Crippen LogP contribution in [0.25, 0.3) is 11.0 Å². The van der Waals surface area contributed by atoms with Crippen LogP contribution in [0.2, 0.25) is 0 Å². The first-order valence-corrected chi connectivity index (χ1v) is 7.34. The number of rotatable bonds is 6. The molecule has 110 valence electrons. The Kier molecular flexibility index (Phi) is 4.78. The van der Waals surface area contributed by atoms with Crippen molar-refractivity contribution >= 4 is 11.0 Å². The van der Waals surface area contributed by atoms with Crippen LogP contribution in [0.5, 0.6) is 0 Å². The Labute approximate surface area is 120 Å². The number of imidazole rings is 1. The minimum atomic E-state index is -0.768. The molecule has 2 aromatic rings. The van der Waals surface area contributed by atoms with Crippen LogP contribution < -0.4 is 0 Å². The van der Waals surface area contributed by atoms with E-state index in [9.17, 15) is 10.2 Å². The van der Waals surface area contributed by atoms with Crippen molar-refractivity contribution in [2.75, 3.05) is 0 Å². The van der Waals surface area contributed by atoms with Crippen LogP contribution >= 0.6 is 0 Å². The molecule has 0 aliphatic rings. The van der Waals surface area contributed by atoms with Crippen molar-refractivity contribution in [2.45, 2.75) is 45.3 Å². The Hall–Kier alpha value is -1.39. The second kappa shape index (κ2) is 6.37. The van der Waals surface area contributed by atoms with Gasteiger partial charge in [-0.3, -0.25) is 0 Å². The second-order valence-electron chi connectivity index (χ2n) is 5.41. The Morgan fingerprint density at radius 3 is 2.40 bits per heavy atom. The molecular weight excluding hydrogens is 252 g/mol. The fourth-order valence-corrected chi connectivity index (χ4v) is 2.77. The molecule has 0 saturated carbocycles. The van der Waals surface area contributed by atoms with Crippen LogP contribution in [0.3, 0.4) is 0 Å². The average Bonchev–Trinajstić information content (AvgIpc) is 2.77. The van der Waals surface area contributed by atoms with Gasteiger partial charge >= 0.3 is 0 Å². The molecule has 4 heteroatoms. The van der Waals surface area contributed by atoms with Crippen LogP contribution in [-0.4, -0.2) is 32.0 Å². The van der Waals surface area contributed by atoms with E-state index in [1.165, 1.54) is 0 Å². The van der Waals surface area contributed by atoms with Crippen molar-refractivity contribution in [2.24, 2.45) is 13.0 Å². The summed E-state index contributed by atoms with van der Waals surface area (Å²) in [5, 5.41) is 20.5. The molecule has 2 atom stereocenters. The summed E-state index contributed by atoms with van der Waals surface area (Å²) in [6, 6.07) is 7.90. The topological polar surface area (TPSA) is 58.3 Å². The lowest BCUT2D eigenvalue weighted by Gasteiger charge is -2.24. The molecule has 0 saturated heterocycles. The van der Waals surface area contributed by atoms with Gasteiger partial charge in [0.1, 0.15) is 5.82 Å². The number of nitrogens with zero attached hydrogens (tertiary/aromatic N) is 2. The fraction of sp³-hybridized carbons (Fsp3) is 0.562. The second-order valence-corrected chi connectivity index (χ2v) is 5.41. The first-order chi connectivity index (χ1) is 9.58. The highest BCUT2D eigenvalue weighted by Gasteiger charge is 2.25. The van der Waals surface area contributed by atoms with Gasteiger partial charge in [-0.05, 0) is 18.1 Å². The highest BCUT2D eigenvalue weighted by molar-refractivity contribution is 5.75. The number of aliphatic hydroxyl groups excluding tert-OH is 2. The van der Waals surface area contributed by atoms with Gasteiger partial charge in [0.25, 0.3) is 0 Å². The van der Waals surface area contributed by atoms with Crippen LogP contribution in [-0.2, 0) is 13.5 Å². The van der Waals surface area contributed by atoms with E-state index in [1.54, 1.807) is 0 Å². The zero-order valence-corrected chi connectivity index (χ0v) is 12.5. The van der Waals surface area contributed by atoms with Crippen molar-refractivity contribution in [3.8, 4) is 0 Å². The van der Waals surface area contributed by atoms with Crippen LogP contribution in [0.15, 0.2) is 24.3 Å². The summed E-state index contributed by atoms with van der Waals surface area (Å²) in [6.07, 6.45) is 0.664. The predicted octanol–water partition coefficient (Wildman–Crippen LogP) is 2.27. The highest BCUT2D eigenvalue weighted by atomic mass is 16.3. The maximum Gasteiger partial charge on any atom is 0.112 e. The number of hydrogen-bond donors (Lipinski definition) is 2. The molecule has 0 amide bonds. The predicted molar refractivity (Wildman–Crippen MR) is 80.5 cm³/mol. The summed E-state index contributed by atoms with van der Waals surface area (Å²) < 4.78 is 1.98. The summed E-state index contributed by atoms with van der Waals surface area (Å²) in [5.41, 5.74) is 1.97. The normalized spacial score (nSPS) is 14.9. The lowest BCUT2D eigenvalue weighted by molar-refractivity contribution is -0.0198. The van der Waals surface area contributed by atoms with Gasteiger partial charge in [0.2, 0.25) is 0 Å². The molecule has 20 heavy (non-hydrogen) atoms. The Morgan fingerprint density at radius 2 is 1.80 bits per heavy atom. The first kappa shape index (κ1) is 15.0. The standard InChI is InChI=1S/C16H24N2O2/c1-4-11(5-2)16(20)14(19)10-15-17-12-8-6-7-9-13(12)18(15)3/h6-9,11,14,16,19-20H,4-5,10H2,1-3H3. The lowest BCUT2D eigenvalue weighted by Crippen LogP contribution is -2.35. The monoisotopic (exact) mass is 276 g/mol. The van der Waals surface area contributed by atoms with Gasteiger partial charge in [-0.25, -0.2) is 4.98 Å². The highest BCUT2D eigenvalue weighted by Crippen LogP contribution is 2.20. The molecule has 1 heterocycles. The molecule has 2 rings (SSSR count). The number of aromatic nitrogens is 2. The van der Waals surface area contributed by atoms with E-state index in [1.807, 2.05) is 49.7 Å². The van der Waals surface area contributed by atoms with E-state index in [-0.39, 0.29) is 5.92 Å². The third kappa shape index (κ3) is 2.86. The zero-order chi connectivity index (χ0) is 14.7. The molecule has 1 aromatic carbocycles. The van der Waals surface area contributed by atoms with E-state index >= 15 is 0 Å². The third-order valence-corrected chi connectivity index (χ3v) is 4.20. The van der Waals surface area contributed by atoms with E-state index in [0.29, 0.717) is 6.42 Å². The van der Waals surface area contributed by atoms with Gasteiger partial charge in [0, 0.05) is 13.5 Å². The van der Waals surface area contributed by atoms with E-state index < -0.39 is 12.2 Å². The molecule has 2 N–H and O–H groups in total. The minimum absolute atomic E-state index is 0.139. The average molecular weight is 276 g/mol. The van der Waals surface area contributed by atoms with Gasteiger partial charge in [-0.15, -0.1) is 0 Å². The van der Waals surface area contributed by atoms with Crippen molar-refractivity contribution in [1.29, 1.82) is 0 Å². The third-order valence-electron chi connectivity index (χ3n) is 4.20. The quantitative estimate of drug-likeness (QED) is 0.851. The summed E-state index contributed by atoms with van der Waals surface area (Å²) >= 11 is 0. The van der Waals surface area contributed by atoms with Gasteiger partial charge in [-0.2, -0.15) is 0 Å². The van der Waals surface area contributed by atoms with Gasteiger partial charge in [-0.1, -0.05) is 38.8 Å². The number of hydrogen-bond acceptors (Lipinski definition) is 3. The van der Waals surface area contributed by atoms with E-state index in [2.05, 4.69) is 4.98 Å². The van der Waals surface area contributed by atoms with Crippen LogP contribution in [0.1, 0.15) is 32.5 Å². The molecule has 1 aromatic heterocycles. The Bertz CT molecular complexity index is 561. The number of para-hydroxylation sites is 2. The lowest BCUT2D eigenvalue weighted by atomic mass is 9.91. The van der Waals surface area contributed by atoms with Gasteiger partial charge in [0.15, 0.2) is 0 Å².